The molecular weight excluding hydrogens is 250 g/mol. The number of hydrogen-bond donors (Lipinski definition) is 0. The van der Waals surface area contributed by atoms with E-state index in [0.29, 0.717) is 18.9 Å². The molecule has 18 heavy (non-hydrogen) atoms. The molecule has 1 atom stereocenters. The standard InChI is InChI=1S/C13H23NO3S/c1-2-12-5-3-4-8-14(12)13(15)11-6-9-18(16,17)10-7-11/h11-12H,2-10H2,1H3. The van der Waals surface area contributed by atoms with E-state index in [0.717, 1.165) is 25.8 Å². The van der Waals surface area contributed by atoms with Crippen molar-refractivity contribution in [2.75, 3.05) is 18.1 Å². The SMILES string of the molecule is CCC1CCCCN1C(=O)C1CCS(=O)(=O)CC1. The summed E-state index contributed by atoms with van der Waals surface area (Å²) in [5, 5.41) is 0. The number of carbonyl (C=O) groups is 1. The van der Waals surface area contributed by atoms with Crippen molar-refractivity contribution in [3.05, 3.63) is 0 Å². The smallest absolute Gasteiger partial charge is 0.225 e. The average molecular weight is 273 g/mol. The maximum Gasteiger partial charge on any atom is 0.225 e. The molecule has 2 aliphatic heterocycles. The first-order chi connectivity index (χ1) is 8.53. The van der Waals surface area contributed by atoms with Crippen LogP contribution in [-0.2, 0) is 14.6 Å². The molecule has 2 heterocycles. The summed E-state index contributed by atoms with van der Waals surface area (Å²) in [7, 11) is -2.87. The predicted octanol–water partition coefficient (Wildman–Crippen LogP) is 1.60. The average Bonchev–Trinajstić information content (AvgIpc) is 2.38. The summed E-state index contributed by atoms with van der Waals surface area (Å²) in [5.41, 5.74) is 0. The first kappa shape index (κ1) is 13.8. The highest BCUT2D eigenvalue weighted by Crippen LogP contribution is 2.26. The predicted molar refractivity (Wildman–Crippen MR) is 71.0 cm³/mol. The quantitative estimate of drug-likeness (QED) is 0.768. The van der Waals surface area contributed by atoms with Gasteiger partial charge in [-0.15, -0.1) is 0 Å². The summed E-state index contributed by atoms with van der Waals surface area (Å²) in [6, 6.07) is 0.379. The van der Waals surface area contributed by atoms with Gasteiger partial charge in [0.15, 0.2) is 0 Å². The fraction of sp³-hybridized carbons (Fsp3) is 0.923. The fourth-order valence-corrected chi connectivity index (χ4v) is 4.58. The van der Waals surface area contributed by atoms with E-state index in [2.05, 4.69) is 6.92 Å². The van der Waals surface area contributed by atoms with Gasteiger partial charge < -0.3 is 4.90 Å². The summed E-state index contributed by atoms with van der Waals surface area (Å²) < 4.78 is 22.8. The Morgan fingerprint density at radius 3 is 2.44 bits per heavy atom. The van der Waals surface area contributed by atoms with Crippen molar-refractivity contribution in [2.24, 2.45) is 5.92 Å². The molecule has 2 rings (SSSR count). The van der Waals surface area contributed by atoms with E-state index in [-0.39, 0.29) is 23.3 Å². The maximum atomic E-state index is 12.5. The highest BCUT2D eigenvalue weighted by atomic mass is 32.2. The Kier molecular flexibility index (Phi) is 4.30. The van der Waals surface area contributed by atoms with Gasteiger partial charge in [-0.25, -0.2) is 8.42 Å². The second kappa shape index (κ2) is 5.59. The van der Waals surface area contributed by atoms with Gasteiger partial charge in [-0.05, 0) is 38.5 Å². The van der Waals surface area contributed by atoms with Crippen LogP contribution in [0.1, 0.15) is 45.4 Å². The lowest BCUT2D eigenvalue weighted by Crippen LogP contribution is -2.47. The van der Waals surface area contributed by atoms with Crippen LogP contribution in [-0.4, -0.2) is 43.3 Å². The van der Waals surface area contributed by atoms with Gasteiger partial charge in [-0.2, -0.15) is 0 Å². The number of rotatable bonds is 2. The third-order valence-corrected chi connectivity index (χ3v) is 6.00. The summed E-state index contributed by atoms with van der Waals surface area (Å²) in [6.07, 6.45) is 5.46. The molecule has 2 fully saturated rings. The van der Waals surface area contributed by atoms with Crippen LogP contribution < -0.4 is 0 Å². The van der Waals surface area contributed by atoms with Gasteiger partial charge in [0.05, 0.1) is 11.5 Å². The summed E-state index contributed by atoms with van der Waals surface area (Å²) >= 11 is 0. The Hall–Kier alpha value is -0.580. The molecule has 2 saturated heterocycles. The highest BCUT2D eigenvalue weighted by Gasteiger charge is 2.34. The molecular formula is C13H23NO3S. The van der Waals surface area contributed by atoms with Crippen molar-refractivity contribution in [3.8, 4) is 0 Å². The largest absolute Gasteiger partial charge is 0.339 e. The van der Waals surface area contributed by atoms with Crippen LogP contribution in [0.25, 0.3) is 0 Å². The van der Waals surface area contributed by atoms with Crippen LogP contribution in [0, 0.1) is 5.92 Å². The molecule has 0 aromatic carbocycles. The van der Waals surface area contributed by atoms with Gasteiger partial charge >= 0.3 is 0 Å². The molecule has 5 heteroatoms. The molecule has 0 aromatic heterocycles. The van der Waals surface area contributed by atoms with Crippen LogP contribution in [0.2, 0.25) is 0 Å². The second-order valence-electron chi connectivity index (χ2n) is 5.52. The minimum Gasteiger partial charge on any atom is -0.339 e. The first-order valence-corrected chi connectivity index (χ1v) is 8.86. The van der Waals surface area contributed by atoms with E-state index < -0.39 is 9.84 Å². The first-order valence-electron chi connectivity index (χ1n) is 7.04. The van der Waals surface area contributed by atoms with Gasteiger partial charge in [-0.1, -0.05) is 6.92 Å². The van der Waals surface area contributed by atoms with E-state index in [1.54, 1.807) is 0 Å². The lowest BCUT2D eigenvalue weighted by atomic mass is 9.95. The molecule has 0 aromatic rings. The number of carbonyl (C=O) groups excluding carboxylic acids is 1. The number of likely N-dealkylation sites (tertiary alicyclic amines) is 1. The van der Waals surface area contributed by atoms with Crippen molar-refractivity contribution >= 4 is 15.7 Å². The lowest BCUT2D eigenvalue weighted by Gasteiger charge is -2.38. The molecule has 104 valence electrons. The summed E-state index contributed by atoms with van der Waals surface area (Å²) in [5.74, 6) is 0.527. The zero-order chi connectivity index (χ0) is 13.2. The molecule has 0 aliphatic carbocycles. The monoisotopic (exact) mass is 273 g/mol. The second-order valence-corrected chi connectivity index (χ2v) is 7.82. The third kappa shape index (κ3) is 3.05. The molecule has 0 spiro atoms. The molecule has 4 nitrogen and oxygen atoms in total. The Balaban J connectivity index is 1.98. The molecule has 1 unspecified atom stereocenters. The van der Waals surface area contributed by atoms with Crippen LogP contribution in [0.5, 0.6) is 0 Å². The van der Waals surface area contributed by atoms with E-state index in [9.17, 15) is 13.2 Å². The number of piperidine rings is 1. The fourth-order valence-electron chi connectivity index (χ4n) is 3.09. The van der Waals surface area contributed by atoms with Crippen molar-refractivity contribution < 1.29 is 13.2 Å². The molecule has 0 bridgehead atoms. The molecule has 2 aliphatic rings. The van der Waals surface area contributed by atoms with E-state index in [1.807, 2.05) is 4.90 Å². The number of amides is 1. The van der Waals surface area contributed by atoms with Gasteiger partial charge in [-0.3, -0.25) is 4.79 Å². The normalized spacial score (nSPS) is 29.2. The number of sulfone groups is 1. The molecule has 0 saturated carbocycles. The number of hydrogen-bond acceptors (Lipinski definition) is 3. The molecule has 1 amide bonds. The van der Waals surface area contributed by atoms with Crippen molar-refractivity contribution in [1.29, 1.82) is 0 Å². The zero-order valence-corrected chi connectivity index (χ0v) is 11.9. The van der Waals surface area contributed by atoms with Gasteiger partial charge in [0.25, 0.3) is 0 Å². The van der Waals surface area contributed by atoms with Crippen molar-refractivity contribution in [2.45, 2.75) is 51.5 Å². The highest BCUT2D eigenvalue weighted by molar-refractivity contribution is 7.91. The van der Waals surface area contributed by atoms with Crippen molar-refractivity contribution in [1.82, 2.24) is 4.90 Å². The van der Waals surface area contributed by atoms with Crippen LogP contribution in [0.15, 0.2) is 0 Å². The van der Waals surface area contributed by atoms with E-state index in [4.69, 9.17) is 0 Å². The topological polar surface area (TPSA) is 54.5 Å². The Labute approximate surface area is 110 Å². The van der Waals surface area contributed by atoms with Crippen LogP contribution in [0.4, 0.5) is 0 Å². The maximum absolute atomic E-state index is 12.5. The third-order valence-electron chi connectivity index (χ3n) is 4.29. The van der Waals surface area contributed by atoms with Crippen molar-refractivity contribution in [3.63, 3.8) is 0 Å². The van der Waals surface area contributed by atoms with E-state index >= 15 is 0 Å². The van der Waals surface area contributed by atoms with Gasteiger partial charge in [0, 0.05) is 18.5 Å². The minimum absolute atomic E-state index is 0.0549. The Morgan fingerprint density at radius 1 is 1.17 bits per heavy atom. The summed E-state index contributed by atoms with van der Waals surface area (Å²) in [6.45, 7) is 2.99. The zero-order valence-electron chi connectivity index (χ0n) is 11.1. The summed E-state index contributed by atoms with van der Waals surface area (Å²) in [4.78, 5) is 14.5. The molecule has 0 N–H and O–H groups in total. The molecule has 0 radical (unpaired) electrons. The Morgan fingerprint density at radius 2 is 1.83 bits per heavy atom. The van der Waals surface area contributed by atoms with Gasteiger partial charge in [0.1, 0.15) is 9.84 Å². The lowest BCUT2D eigenvalue weighted by molar-refractivity contribution is -0.139. The minimum atomic E-state index is -2.87. The Bertz CT molecular complexity index is 390. The van der Waals surface area contributed by atoms with Crippen LogP contribution in [0.3, 0.4) is 0 Å². The number of nitrogens with zero attached hydrogens (tertiary/aromatic N) is 1. The van der Waals surface area contributed by atoms with Gasteiger partial charge in [0.2, 0.25) is 5.91 Å². The van der Waals surface area contributed by atoms with E-state index in [1.165, 1.54) is 6.42 Å². The van der Waals surface area contributed by atoms with Crippen LogP contribution >= 0.6 is 0 Å².